The molecular formula is C43H37N2O+. The van der Waals surface area contributed by atoms with Gasteiger partial charge in [-0.2, -0.15) is 4.57 Å². The normalized spacial score (nSPS) is 15.2. The van der Waals surface area contributed by atoms with E-state index in [-0.39, 0.29) is 0 Å². The summed E-state index contributed by atoms with van der Waals surface area (Å²) in [6.45, 7) is 2.18. The third kappa shape index (κ3) is 4.22. The molecule has 1 aliphatic rings. The van der Waals surface area contributed by atoms with E-state index in [1.807, 2.05) is 0 Å². The van der Waals surface area contributed by atoms with Crippen molar-refractivity contribution in [1.29, 1.82) is 0 Å². The van der Waals surface area contributed by atoms with E-state index in [2.05, 4.69) is 144 Å². The molecule has 0 unspecified atom stereocenters. The van der Waals surface area contributed by atoms with E-state index in [0.717, 1.165) is 86.7 Å². The molecule has 6 aromatic carbocycles. The highest BCUT2D eigenvalue weighted by Gasteiger charge is 2.30. The summed E-state index contributed by atoms with van der Waals surface area (Å²) in [5.74, 6) is 0.652. The average Bonchev–Trinajstić information content (AvgIpc) is 3.64. The van der Waals surface area contributed by atoms with Crippen molar-refractivity contribution in [3.05, 3.63) is 132 Å². The highest BCUT2D eigenvalue weighted by Crippen LogP contribution is 2.41. The van der Waals surface area contributed by atoms with Crippen LogP contribution in [0.15, 0.2) is 126 Å². The number of fused-ring (bicyclic) bond motifs is 6. The lowest BCUT2D eigenvalue weighted by atomic mass is 9.84. The van der Waals surface area contributed by atoms with Crippen LogP contribution in [0.2, 0.25) is 0 Å². The summed E-state index contributed by atoms with van der Waals surface area (Å²) < 4.78 is 20.6. The molecule has 0 radical (unpaired) electrons. The molecule has 0 spiro atoms. The molecule has 9 rings (SSSR count). The number of aromatic nitrogens is 2. The van der Waals surface area contributed by atoms with Crippen molar-refractivity contribution in [2.75, 3.05) is 0 Å². The first-order valence-electron chi connectivity index (χ1n) is 17.0. The number of nitrogens with zero attached hydrogens (tertiary/aromatic N) is 2. The van der Waals surface area contributed by atoms with E-state index >= 15 is 0 Å². The molecule has 0 bridgehead atoms. The minimum atomic E-state index is -0.435. The number of hydrogen-bond acceptors (Lipinski definition) is 1. The van der Waals surface area contributed by atoms with Gasteiger partial charge in [-0.05, 0) is 83.6 Å². The molecule has 0 atom stereocenters. The van der Waals surface area contributed by atoms with Gasteiger partial charge < -0.3 is 4.42 Å². The van der Waals surface area contributed by atoms with E-state index in [1.54, 1.807) is 0 Å². The smallest absolute Gasteiger partial charge is 0.298 e. The Bertz CT molecular complexity index is 2460. The van der Waals surface area contributed by atoms with E-state index in [9.17, 15) is 0 Å². The number of furan rings is 1. The second-order valence-electron chi connectivity index (χ2n) is 12.9. The van der Waals surface area contributed by atoms with Gasteiger partial charge in [0, 0.05) is 17.5 Å². The Labute approximate surface area is 270 Å². The molecule has 1 saturated carbocycles. The average molecular weight is 599 g/mol. The number of hydrogen-bond donors (Lipinski definition) is 0. The van der Waals surface area contributed by atoms with Crippen LogP contribution in [0.4, 0.5) is 0 Å². The van der Waals surface area contributed by atoms with Crippen molar-refractivity contribution >= 4 is 43.7 Å². The van der Waals surface area contributed by atoms with Gasteiger partial charge >= 0.3 is 0 Å². The van der Waals surface area contributed by atoms with Crippen molar-refractivity contribution in [2.24, 2.45) is 7.05 Å². The van der Waals surface area contributed by atoms with Crippen LogP contribution in [0.25, 0.3) is 71.9 Å². The quantitative estimate of drug-likeness (QED) is 0.185. The topological polar surface area (TPSA) is 21.9 Å². The molecule has 8 aromatic rings. The predicted molar refractivity (Wildman–Crippen MR) is 191 cm³/mol. The fourth-order valence-corrected chi connectivity index (χ4v) is 7.77. The first-order valence-corrected chi connectivity index (χ1v) is 16.5. The van der Waals surface area contributed by atoms with Crippen LogP contribution in [0.3, 0.4) is 0 Å². The zero-order chi connectivity index (χ0) is 31.7. The van der Waals surface area contributed by atoms with Crippen LogP contribution in [-0.2, 0) is 7.05 Å². The summed E-state index contributed by atoms with van der Waals surface area (Å²) >= 11 is 0. The monoisotopic (exact) mass is 598 g/mol. The lowest BCUT2D eigenvalue weighted by Gasteiger charge is -2.22. The van der Waals surface area contributed by atoms with Gasteiger partial charge in [0.05, 0.1) is 7.05 Å². The van der Waals surface area contributed by atoms with Crippen LogP contribution in [-0.4, -0.2) is 4.57 Å². The van der Waals surface area contributed by atoms with E-state index in [1.165, 1.54) is 28.5 Å². The molecule has 0 saturated heterocycles. The number of benzene rings is 6. The lowest BCUT2D eigenvalue weighted by Crippen LogP contribution is -2.30. The summed E-state index contributed by atoms with van der Waals surface area (Å²) in [7, 11) is 2.16. The van der Waals surface area contributed by atoms with Crippen LogP contribution in [0.5, 0.6) is 0 Å². The van der Waals surface area contributed by atoms with Crippen molar-refractivity contribution in [2.45, 2.75) is 44.9 Å². The summed E-state index contributed by atoms with van der Waals surface area (Å²) in [4.78, 5) is 0. The fraction of sp³-hybridized carbons (Fsp3) is 0.186. The van der Waals surface area contributed by atoms with E-state index in [4.69, 9.17) is 5.79 Å². The van der Waals surface area contributed by atoms with Crippen LogP contribution in [0, 0.1) is 6.92 Å². The molecule has 224 valence electrons. The Morgan fingerprint density at radius 3 is 2.15 bits per heavy atom. The predicted octanol–water partition coefficient (Wildman–Crippen LogP) is 11.2. The molecule has 46 heavy (non-hydrogen) atoms. The van der Waals surface area contributed by atoms with Gasteiger partial charge in [0.1, 0.15) is 16.8 Å². The Balaban J connectivity index is 1.20. The Kier molecular flexibility index (Phi) is 6.09. The van der Waals surface area contributed by atoms with Crippen molar-refractivity contribution in [3.63, 3.8) is 0 Å². The zero-order valence-corrected chi connectivity index (χ0v) is 26.4. The van der Waals surface area contributed by atoms with Crippen LogP contribution in [0.1, 0.15) is 50.5 Å². The maximum absolute atomic E-state index is 9.04. The number of aryl methyl sites for hydroxylation is 2. The molecule has 1 aliphatic carbocycles. The molecule has 0 N–H and O–H groups in total. The van der Waals surface area contributed by atoms with E-state index in [0.29, 0.717) is 0 Å². The van der Waals surface area contributed by atoms with Crippen LogP contribution < -0.4 is 4.57 Å². The minimum absolute atomic E-state index is 0.435. The van der Waals surface area contributed by atoms with Gasteiger partial charge in [-0.1, -0.05) is 110 Å². The van der Waals surface area contributed by atoms with Crippen molar-refractivity contribution < 1.29 is 10.4 Å². The second kappa shape index (κ2) is 10.7. The molecule has 2 heterocycles. The standard InChI is InChI=1S/C43H37N2O/c1-28-16-26-37-36-27-23-33-12-6-7-13-35(33)41(36)46-42(37)40(28)43-44(2)38-14-8-9-15-39(38)45(43)34-24-21-32(22-25-34)31-19-17-30(18-20-31)29-10-4-3-5-11-29/h6-9,12-27,29H,3-5,10-11H2,1-2H3/q+1/i29D. The maximum atomic E-state index is 9.04. The zero-order valence-electron chi connectivity index (χ0n) is 27.4. The number of imidazole rings is 1. The Hall–Kier alpha value is -5.15. The van der Waals surface area contributed by atoms with Crippen molar-refractivity contribution in [1.82, 2.24) is 4.57 Å². The molecule has 3 nitrogen and oxygen atoms in total. The summed E-state index contributed by atoms with van der Waals surface area (Å²) in [6.07, 6.45) is 5.49. The van der Waals surface area contributed by atoms with Gasteiger partial charge in [0.25, 0.3) is 5.82 Å². The molecule has 0 aliphatic heterocycles. The third-order valence-corrected chi connectivity index (χ3v) is 10.2. The highest BCUT2D eigenvalue weighted by atomic mass is 16.3. The Morgan fingerprint density at radius 1 is 0.674 bits per heavy atom. The van der Waals surface area contributed by atoms with Crippen LogP contribution >= 0.6 is 0 Å². The first-order chi connectivity index (χ1) is 23.0. The van der Waals surface area contributed by atoms with Gasteiger partial charge in [-0.25, -0.2) is 4.57 Å². The SMILES string of the molecule is [2H]C1(c2ccc(-c3ccc(-n4c(-c5c(C)ccc6c5oc5c7ccccc7ccc65)[n+](C)c5ccccc54)cc3)cc2)CCCCC1. The van der Waals surface area contributed by atoms with Gasteiger partial charge in [0.15, 0.2) is 16.6 Å². The molecule has 1 fully saturated rings. The largest absolute Gasteiger partial charge is 0.454 e. The summed E-state index contributed by atoms with van der Waals surface area (Å²) in [5.41, 5.74) is 11.0. The summed E-state index contributed by atoms with van der Waals surface area (Å²) in [6, 6.07) is 43.6. The maximum Gasteiger partial charge on any atom is 0.298 e. The number of rotatable bonds is 4. The van der Waals surface area contributed by atoms with E-state index < -0.39 is 5.89 Å². The van der Waals surface area contributed by atoms with Crippen molar-refractivity contribution in [3.8, 4) is 28.2 Å². The lowest BCUT2D eigenvalue weighted by molar-refractivity contribution is -0.633. The molecule has 2 aromatic heterocycles. The Morgan fingerprint density at radius 2 is 1.35 bits per heavy atom. The summed E-state index contributed by atoms with van der Waals surface area (Å²) in [5, 5.41) is 4.58. The van der Waals surface area contributed by atoms with Gasteiger partial charge in [0.2, 0.25) is 0 Å². The molecular weight excluding hydrogens is 560 g/mol. The third-order valence-electron chi connectivity index (χ3n) is 10.2. The number of para-hydroxylation sites is 2. The van der Waals surface area contributed by atoms with Gasteiger partial charge in [-0.15, -0.1) is 0 Å². The van der Waals surface area contributed by atoms with Gasteiger partial charge in [-0.3, -0.25) is 0 Å². The molecule has 0 amide bonds. The fourth-order valence-electron chi connectivity index (χ4n) is 7.77. The second-order valence-corrected chi connectivity index (χ2v) is 12.9. The first kappa shape index (κ1) is 26.1. The highest BCUT2D eigenvalue weighted by molar-refractivity contribution is 6.17. The molecule has 3 heteroatoms. The minimum Gasteiger partial charge on any atom is -0.454 e.